The van der Waals surface area contributed by atoms with Crippen LogP contribution < -0.4 is 0 Å². The predicted molar refractivity (Wildman–Crippen MR) is 121 cm³/mol. The number of hydrogen-bond donors (Lipinski definition) is 0. The normalized spacial score (nSPS) is 16.6. The molecule has 0 radical (unpaired) electrons. The summed E-state index contributed by atoms with van der Waals surface area (Å²) in [5, 5.41) is 1.14. The molecule has 3 nitrogen and oxygen atoms in total. The van der Waals surface area contributed by atoms with Crippen LogP contribution in [-0.2, 0) is 17.9 Å². The smallest absolute Gasteiger partial charge is 0.223 e. The summed E-state index contributed by atoms with van der Waals surface area (Å²) < 4.78 is 29.3. The van der Waals surface area contributed by atoms with Crippen LogP contribution in [0.15, 0.2) is 79.0 Å². The number of para-hydroxylation sites is 1. The van der Waals surface area contributed by atoms with Crippen molar-refractivity contribution in [2.24, 2.45) is 0 Å². The highest BCUT2D eigenvalue weighted by atomic mass is 19.1. The van der Waals surface area contributed by atoms with E-state index in [0.717, 1.165) is 34.0 Å². The maximum Gasteiger partial charge on any atom is 0.223 e. The second kappa shape index (κ2) is 8.58. The third-order valence-electron chi connectivity index (χ3n) is 6.28. The van der Waals surface area contributed by atoms with Gasteiger partial charge in [-0.1, -0.05) is 42.5 Å². The van der Waals surface area contributed by atoms with Crippen LogP contribution >= 0.6 is 0 Å². The van der Waals surface area contributed by atoms with Crippen molar-refractivity contribution in [2.45, 2.75) is 31.8 Å². The van der Waals surface area contributed by atoms with Crippen LogP contribution in [0.1, 0.15) is 35.4 Å². The van der Waals surface area contributed by atoms with E-state index in [2.05, 4.69) is 22.9 Å². The zero-order chi connectivity index (χ0) is 22.1. The van der Waals surface area contributed by atoms with Crippen LogP contribution in [-0.4, -0.2) is 21.9 Å². The van der Waals surface area contributed by atoms with Gasteiger partial charge in [-0.05, 0) is 59.4 Å². The van der Waals surface area contributed by atoms with E-state index in [4.69, 9.17) is 0 Å². The van der Waals surface area contributed by atoms with Gasteiger partial charge in [-0.25, -0.2) is 8.78 Å². The summed E-state index contributed by atoms with van der Waals surface area (Å²) >= 11 is 0. The van der Waals surface area contributed by atoms with Gasteiger partial charge in [0.1, 0.15) is 11.6 Å². The highest BCUT2D eigenvalue weighted by Gasteiger charge is 2.29. The topological polar surface area (TPSA) is 25.2 Å². The molecule has 1 unspecified atom stereocenters. The average Bonchev–Trinajstić information content (AvgIpc) is 3.14. The minimum Gasteiger partial charge on any atom is -0.343 e. The highest BCUT2D eigenvalue weighted by molar-refractivity contribution is 5.86. The third-order valence-corrected chi connectivity index (χ3v) is 6.28. The molecule has 1 aliphatic rings. The van der Waals surface area contributed by atoms with Crippen LogP contribution in [0.3, 0.4) is 0 Å². The number of aromatic nitrogens is 1. The number of halogens is 2. The van der Waals surface area contributed by atoms with Crippen molar-refractivity contribution < 1.29 is 13.6 Å². The predicted octanol–water partition coefficient (Wildman–Crippen LogP) is 5.87. The monoisotopic (exact) mass is 430 g/mol. The summed E-state index contributed by atoms with van der Waals surface area (Å²) in [6.07, 6.45) is 3.41. The van der Waals surface area contributed by atoms with Gasteiger partial charge in [0.05, 0.1) is 0 Å². The lowest BCUT2D eigenvalue weighted by Crippen LogP contribution is -2.37. The van der Waals surface area contributed by atoms with Gasteiger partial charge in [-0.2, -0.15) is 0 Å². The number of amides is 1. The van der Waals surface area contributed by atoms with E-state index in [1.807, 2.05) is 29.2 Å². The van der Waals surface area contributed by atoms with Crippen molar-refractivity contribution in [1.29, 1.82) is 0 Å². The standard InChI is InChI=1S/C27H24F2N2O/c28-22-7-3-5-19(13-22)16-30-12-11-21(15-27(30)32)25-18-31(26-10-2-1-9-24(25)26)17-20-6-4-8-23(29)14-20/h1-10,13-14,18,21H,11-12,15-17H2. The summed E-state index contributed by atoms with van der Waals surface area (Å²) in [4.78, 5) is 14.7. The molecule has 2 heterocycles. The van der Waals surface area contributed by atoms with Gasteiger partial charge in [0.2, 0.25) is 5.91 Å². The number of hydrogen-bond acceptors (Lipinski definition) is 1. The molecule has 162 valence electrons. The number of benzene rings is 3. The molecule has 1 amide bonds. The SMILES string of the molecule is O=C1CC(c2cn(Cc3cccc(F)c3)c3ccccc23)CCN1Cc1cccc(F)c1. The van der Waals surface area contributed by atoms with Gasteiger partial charge >= 0.3 is 0 Å². The molecule has 1 atom stereocenters. The summed E-state index contributed by atoms with van der Waals surface area (Å²) in [7, 11) is 0. The maximum atomic E-state index is 13.7. The molecule has 1 aliphatic heterocycles. The van der Waals surface area contributed by atoms with Gasteiger partial charge in [0.15, 0.2) is 0 Å². The Hall–Kier alpha value is -3.47. The Labute approximate surface area is 185 Å². The quantitative estimate of drug-likeness (QED) is 0.389. The minimum absolute atomic E-state index is 0.0903. The molecule has 0 N–H and O–H groups in total. The molecule has 0 saturated carbocycles. The maximum absolute atomic E-state index is 13.7. The Bertz CT molecular complexity index is 1280. The van der Waals surface area contributed by atoms with Crippen LogP contribution in [0.2, 0.25) is 0 Å². The summed E-state index contributed by atoms with van der Waals surface area (Å²) in [5.41, 5.74) is 3.96. The first-order valence-corrected chi connectivity index (χ1v) is 10.9. The molecule has 5 rings (SSSR count). The molecule has 4 aromatic rings. The number of fused-ring (bicyclic) bond motifs is 1. The number of rotatable bonds is 5. The van der Waals surface area contributed by atoms with E-state index < -0.39 is 0 Å². The van der Waals surface area contributed by atoms with Crippen molar-refractivity contribution >= 4 is 16.8 Å². The van der Waals surface area contributed by atoms with Crippen LogP contribution in [0.4, 0.5) is 8.78 Å². The zero-order valence-corrected chi connectivity index (χ0v) is 17.7. The largest absolute Gasteiger partial charge is 0.343 e. The second-order valence-corrected chi connectivity index (χ2v) is 8.49. The van der Waals surface area contributed by atoms with E-state index in [-0.39, 0.29) is 23.5 Å². The Morgan fingerprint density at radius 1 is 0.844 bits per heavy atom. The first-order chi connectivity index (χ1) is 15.6. The van der Waals surface area contributed by atoms with E-state index >= 15 is 0 Å². The van der Waals surface area contributed by atoms with Crippen molar-refractivity contribution in [3.63, 3.8) is 0 Å². The fraction of sp³-hybridized carbons (Fsp3) is 0.222. The number of carbonyl (C=O) groups excluding carboxylic acids is 1. The second-order valence-electron chi connectivity index (χ2n) is 8.49. The molecule has 0 aliphatic carbocycles. The van der Waals surface area contributed by atoms with Gasteiger partial charge in [0, 0.05) is 43.2 Å². The van der Waals surface area contributed by atoms with Gasteiger partial charge < -0.3 is 9.47 Å². The van der Waals surface area contributed by atoms with Crippen LogP contribution in [0, 0.1) is 11.6 Å². The lowest BCUT2D eigenvalue weighted by Gasteiger charge is -2.32. The molecule has 1 fully saturated rings. The number of carbonyl (C=O) groups is 1. The average molecular weight is 430 g/mol. The summed E-state index contributed by atoms with van der Waals surface area (Å²) in [6.45, 7) is 1.65. The van der Waals surface area contributed by atoms with E-state index in [0.29, 0.717) is 26.1 Å². The molecular weight excluding hydrogens is 406 g/mol. The lowest BCUT2D eigenvalue weighted by atomic mass is 9.88. The van der Waals surface area contributed by atoms with Gasteiger partial charge in [0.25, 0.3) is 0 Å². The van der Waals surface area contributed by atoms with E-state index in [1.54, 1.807) is 18.2 Å². The summed E-state index contributed by atoms with van der Waals surface area (Å²) in [6, 6.07) is 21.3. The Balaban J connectivity index is 1.38. The van der Waals surface area contributed by atoms with E-state index in [1.165, 1.54) is 18.2 Å². The molecule has 0 spiro atoms. The van der Waals surface area contributed by atoms with Crippen molar-refractivity contribution in [3.8, 4) is 0 Å². The van der Waals surface area contributed by atoms with Crippen molar-refractivity contribution in [3.05, 3.63) is 107 Å². The van der Waals surface area contributed by atoms with E-state index in [9.17, 15) is 13.6 Å². The summed E-state index contributed by atoms with van der Waals surface area (Å²) in [5.74, 6) is -0.302. The number of likely N-dealkylation sites (tertiary alicyclic amines) is 1. The first-order valence-electron chi connectivity index (χ1n) is 10.9. The Morgan fingerprint density at radius 3 is 2.22 bits per heavy atom. The number of nitrogens with zero attached hydrogens (tertiary/aromatic N) is 2. The fourth-order valence-electron chi connectivity index (χ4n) is 4.73. The lowest BCUT2D eigenvalue weighted by molar-refractivity contribution is -0.134. The third kappa shape index (κ3) is 4.15. The van der Waals surface area contributed by atoms with Crippen LogP contribution in [0.5, 0.6) is 0 Å². The minimum atomic E-state index is -0.282. The highest BCUT2D eigenvalue weighted by Crippen LogP contribution is 2.35. The molecule has 1 aromatic heterocycles. The number of piperidine rings is 1. The van der Waals surface area contributed by atoms with Gasteiger partial charge in [-0.15, -0.1) is 0 Å². The van der Waals surface area contributed by atoms with Crippen molar-refractivity contribution in [1.82, 2.24) is 9.47 Å². The molecule has 3 aromatic carbocycles. The Kier molecular flexibility index (Phi) is 5.48. The molecule has 32 heavy (non-hydrogen) atoms. The van der Waals surface area contributed by atoms with Crippen LogP contribution in [0.25, 0.3) is 10.9 Å². The zero-order valence-electron chi connectivity index (χ0n) is 17.7. The molecule has 5 heteroatoms. The molecule has 0 bridgehead atoms. The molecule has 1 saturated heterocycles. The molecular formula is C27H24F2N2O. The van der Waals surface area contributed by atoms with Crippen molar-refractivity contribution in [2.75, 3.05) is 6.54 Å². The first kappa shape index (κ1) is 20.4. The Morgan fingerprint density at radius 2 is 1.53 bits per heavy atom. The fourth-order valence-corrected chi connectivity index (χ4v) is 4.73. The van der Waals surface area contributed by atoms with Gasteiger partial charge in [-0.3, -0.25) is 4.79 Å².